The quantitative estimate of drug-likeness (QED) is 0.697. The first kappa shape index (κ1) is 9.58. The molecule has 0 aliphatic heterocycles. The van der Waals surface area contributed by atoms with Gasteiger partial charge in [-0.2, -0.15) is 0 Å². The molecule has 12 heavy (non-hydrogen) atoms. The van der Waals surface area contributed by atoms with Crippen molar-refractivity contribution < 1.29 is 10.2 Å². The van der Waals surface area contributed by atoms with Crippen molar-refractivity contribution in [2.24, 2.45) is 0 Å². The zero-order valence-electron chi connectivity index (χ0n) is 6.95. The summed E-state index contributed by atoms with van der Waals surface area (Å²) < 4.78 is 0. The molecule has 0 aliphatic rings. The molecule has 0 radical (unpaired) electrons. The van der Waals surface area contributed by atoms with Crippen LogP contribution in [0.15, 0.2) is 23.1 Å². The van der Waals surface area contributed by atoms with Gasteiger partial charge in [0.1, 0.15) is 0 Å². The van der Waals surface area contributed by atoms with Crippen LogP contribution in [0.4, 0.5) is 0 Å². The Hall–Kier alpha value is -0.510. The molecule has 3 heteroatoms. The second-order valence-electron chi connectivity index (χ2n) is 2.41. The predicted molar refractivity (Wildman–Crippen MR) is 50.1 cm³/mol. The van der Waals surface area contributed by atoms with Crippen LogP contribution in [0.5, 0.6) is 0 Å². The largest absolute Gasteiger partial charge is 0.392 e. The Morgan fingerprint density at radius 1 is 1.25 bits per heavy atom. The van der Waals surface area contributed by atoms with E-state index in [0.29, 0.717) is 0 Å². The monoisotopic (exact) mass is 184 g/mol. The van der Waals surface area contributed by atoms with Crippen molar-refractivity contribution in [3.8, 4) is 0 Å². The highest BCUT2D eigenvalue weighted by Gasteiger charge is 2.04. The molecule has 1 rings (SSSR count). The van der Waals surface area contributed by atoms with Crippen LogP contribution in [-0.4, -0.2) is 16.5 Å². The fourth-order valence-electron chi connectivity index (χ4n) is 1.13. The van der Waals surface area contributed by atoms with Crippen molar-refractivity contribution in [2.45, 2.75) is 18.1 Å². The Bertz CT molecular complexity index is 238. The molecule has 1 aromatic carbocycles. The summed E-state index contributed by atoms with van der Waals surface area (Å²) in [4.78, 5) is 1.03. The lowest BCUT2D eigenvalue weighted by atomic mass is 10.1. The van der Waals surface area contributed by atoms with Gasteiger partial charge in [0.15, 0.2) is 0 Å². The standard InChI is InChI=1S/C9H12O2S/c1-12-9-4-2-3-7(5-10)8(9)6-11/h2-4,10-11H,5-6H2,1H3. The fourth-order valence-corrected chi connectivity index (χ4v) is 1.79. The summed E-state index contributed by atoms with van der Waals surface area (Å²) in [7, 11) is 0. The van der Waals surface area contributed by atoms with Gasteiger partial charge in [0.05, 0.1) is 13.2 Å². The summed E-state index contributed by atoms with van der Waals surface area (Å²) in [5, 5.41) is 18.0. The maximum absolute atomic E-state index is 9.04. The first-order chi connectivity index (χ1) is 5.83. The van der Waals surface area contributed by atoms with Crippen molar-refractivity contribution in [1.82, 2.24) is 0 Å². The van der Waals surface area contributed by atoms with Crippen LogP contribution in [0.25, 0.3) is 0 Å². The third-order valence-corrected chi connectivity index (χ3v) is 2.60. The molecule has 0 amide bonds. The molecule has 0 atom stereocenters. The lowest BCUT2D eigenvalue weighted by Crippen LogP contribution is -1.95. The van der Waals surface area contributed by atoms with E-state index in [1.54, 1.807) is 11.8 Å². The normalized spacial score (nSPS) is 10.2. The molecule has 2 nitrogen and oxygen atoms in total. The molecule has 0 saturated carbocycles. The van der Waals surface area contributed by atoms with Gasteiger partial charge in [-0.15, -0.1) is 11.8 Å². The highest BCUT2D eigenvalue weighted by atomic mass is 32.2. The molecule has 0 heterocycles. The van der Waals surface area contributed by atoms with Gasteiger partial charge in [-0.3, -0.25) is 0 Å². The summed E-state index contributed by atoms with van der Waals surface area (Å²) in [5.74, 6) is 0. The first-order valence-electron chi connectivity index (χ1n) is 3.70. The SMILES string of the molecule is CSc1cccc(CO)c1CO. The van der Waals surface area contributed by atoms with Gasteiger partial charge in [-0.1, -0.05) is 12.1 Å². The van der Waals surface area contributed by atoms with Gasteiger partial charge in [0.2, 0.25) is 0 Å². The highest BCUT2D eigenvalue weighted by molar-refractivity contribution is 7.98. The van der Waals surface area contributed by atoms with E-state index in [1.807, 2.05) is 24.5 Å². The first-order valence-corrected chi connectivity index (χ1v) is 4.92. The number of aliphatic hydroxyl groups is 2. The van der Waals surface area contributed by atoms with Crippen molar-refractivity contribution >= 4 is 11.8 Å². The topological polar surface area (TPSA) is 40.5 Å². The average molecular weight is 184 g/mol. The van der Waals surface area contributed by atoms with E-state index in [-0.39, 0.29) is 13.2 Å². The van der Waals surface area contributed by atoms with Gasteiger partial charge >= 0.3 is 0 Å². The molecule has 0 aromatic heterocycles. The molecule has 0 aliphatic carbocycles. The minimum atomic E-state index is -0.00963. The lowest BCUT2D eigenvalue weighted by molar-refractivity contribution is 0.257. The van der Waals surface area contributed by atoms with Crippen molar-refractivity contribution in [2.75, 3.05) is 6.26 Å². The van der Waals surface area contributed by atoms with Gasteiger partial charge in [0.25, 0.3) is 0 Å². The second-order valence-corrected chi connectivity index (χ2v) is 3.26. The van der Waals surface area contributed by atoms with Crippen LogP contribution in [0.2, 0.25) is 0 Å². The number of thioether (sulfide) groups is 1. The molecule has 1 aromatic rings. The average Bonchev–Trinajstić information content (AvgIpc) is 2.16. The van der Waals surface area contributed by atoms with Crippen LogP contribution >= 0.6 is 11.8 Å². The van der Waals surface area contributed by atoms with Gasteiger partial charge in [-0.05, 0) is 23.4 Å². The summed E-state index contributed by atoms with van der Waals surface area (Å²) in [6, 6.07) is 5.65. The van der Waals surface area contributed by atoms with E-state index in [2.05, 4.69) is 0 Å². The number of rotatable bonds is 3. The van der Waals surface area contributed by atoms with Crippen molar-refractivity contribution in [1.29, 1.82) is 0 Å². The van der Waals surface area contributed by atoms with Gasteiger partial charge in [0, 0.05) is 4.90 Å². The van der Waals surface area contributed by atoms with Gasteiger partial charge in [-0.25, -0.2) is 0 Å². The van der Waals surface area contributed by atoms with E-state index in [9.17, 15) is 0 Å². The summed E-state index contributed by atoms with van der Waals surface area (Å²) in [6.45, 7) is -0.0167. The third-order valence-electron chi connectivity index (χ3n) is 1.78. The number of hydrogen-bond acceptors (Lipinski definition) is 3. The molecular weight excluding hydrogens is 172 g/mol. The number of benzene rings is 1. The Labute approximate surface area is 76.2 Å². The third kappa shape index (κ3) is 1.80. The summed E-state index contributed by atoms with van der Waals surface area (Å²) in [6.07, 6.45) is 1.95. The van der Waals surface area contributed by atoms with Crippen LogP contribution in [0, 0.1) is 0 Å². The van der Waals surface area contributed by atoms with Crippen molar-refractivity contribution in [3.05, 3.63) is 29.3 Å². The zero-order valence-corrected chi connectivity index (χ0v) is 7.77. The van der Waals surface area contributed by atoms with Crippen LogP contribution in [0.3, 0.4) is 0 Å². The number of aliphatic hydroxyl groups excluding tert-OH is 2. The molecule has 0 spiro atoms. The lowest BCUT2D eigenvalue weighted by Gasteiger charge is -2.08. The van der Waals surface area contributed by atoms with Crippen LogP contribution < -0.4 is 0 Å². The Morgan fingerprint density at radius 3 is 2.50 bits per heavy atom. The maximum atomic E-state index is 9.04. The van der Waals surface area contributed by atoms with Gasteiger partial charge < -0.3 is 10.2 Å². The summed E-state index contributed by atoms with van der Waals surface area (Å²) >= 11 is 1.58. The Kier molecular flexibility index (Phi) is 3.59. The number of hydrogen-bond donors (Lipinski definition) is 2. The van der Waals surface area contributed by atoms with E-state index in [1.165, 1.54) is 0 Å². The van der Waals surface area contributed by atoms with Crippen LogP contribution in [0.1, 0.15) is 11.1 Å². The maximum Gasteiger partial charge on any atom is 0.0696 e. The predicted octanol–water partition coefficient (Wildman–Crippen LogP) is 1.39. The summed E-state index contributed by atoms with van der Waals surface area (Å²) in [5.41, 5.74) is 1.65. The highest BCUT2D eigenvalue weighted by Crippen LogP contribution is 2.23. The minimum absolute atomic E-state index is 0.00704. The molecule has 0 bridgehead atoms. The molecule has 0 unspecified atom stereocenters. The van der Waals surface area contributed by atoms with E-state index < -0.39 is 0 Å². The molecule has 0 fully saturated rings. The molecular formula is C9H12O2S. The second kappa shape index (κ2) is 4.50. The molecule has 2 N–H and O–H groups in total. The minimum Gasteiger partial charge on any atom is -0.392 e. The smallest absolute Gasteiger partial charge is 0.0696 e. The van der Waals surface area contributed by atoms with E-state index in [0.717, 1.165) is 16.0 Å². The molecule has 66 valence electrons. The van der Waals surface area contributed by atoms with E-state index in [4.69, 9.17) is 10.2 Å². The Morgan fingerprint density at radius 2 is 2.00 bits per heavy atom. The molecule has 0 saturated heterocycles. The van der Waals surface area contributed by atoms with E-state index >= 15 is 0 Å². The van der Waals surface area contributed by atoms with Crippen molar-refractivity contribution in [3.63, 3.8) is 0 Å². The zero-order chi connectivity index (χ0) is 8.97. The fraction of sp³-hybridized carbons (Fsp3) is 0.333. The Balaban J connectivity index is 3.13. The van der Waals surface area contributed by atoms with Crippen LogP contribution in [-0.2, 0) is 13.2 Å².